The van der Waals surface area contributed by atoms with Crippen molar-refractivity contribution in [1.29, 1.82) is 0 Å². The molecule has 0 N–H and O–H groups in total. The summed E-state index contributed by atoms with van der Waals surface area (Å²) in [6, 6.07) is 7.20. The molecule has 1 aromatic rings. The standard InChI is InChI=1S/C21H23NO5/c1-12(2)10-16-21-9-8-15(27-21)17(20(24)25)18(21)19(23)22(16)11-13-4-6-14(26-3)7-5-13/h4-9,15-18H,1,10-11H2,2-3H3,(H,24,25)/p-1/t15-,16+,17+,18-,21-/m1/s1. The Bertz CT molecular complexity index is 829. The van der Waals surface area contributed by atoms with Crippen molar-refractivity contribution in [2.75, 3.05) is 7.11 Å². The SMILES string of the molecule is C=C(C)C[C@@H]1N(Cc2ccc(OC)cc2)C(=O)[C@H]2[C@@H](C(=O)[O-])[C@H]3C=C[C@@]12O3. The lowest BCUT2D eigenvalue weighted by atomic mass is 9.74. The molecule has 5 atom stereocenters. The topological polar surface area (TPSA) is 78.9 Å². The molecule has 0 aliphatic carbocycles. The number of carboxylic acid groups (broad SMARTS) is 1. The Balaban J connectivity index is 1.70. The van der Waals surface area contributed by atoms with Gasteiger partial charge in [0.25, 0.3) is 0 Å². The van der Waals surface area contributed by atoms with Crippen LogP contribution in [-0.2, 0) is 20.9 Å². The summed E-state index contributed by atoms with van der Waals surface area (Å²) in [7, 11) is 1.60. The maximum atomic E-state index is 13.3. The Kier molecular flexibility index (Phi) is 4.11. The average Bonchev–Trinajstić information content (AvgIpc) is 3.27. The van der Waals surface area contributed by atoms with E-state index < -0.39 is 29.5 Å². The summed E-state index contributed by atoms with van der Waals surface area (Å²) >= 11 is 0. The van der Waals surface area contributed by atoms with Gasteiger partial charge >= 0.3 is 0 Å². The van der Waals surface area contributed by atoms with E-state index in [1.165, 1.54) is 0 Å². The molecule has 3 aliphatic rings. The molecule has 27 heavy (non-hydrogen) atoms. The van der Waals surface area contributed by atoms with Gasteiger partial charge in [-0.2, -0.15) is 0 Å². The predicted molar refractivity (Wildman–Crippen MR) is 95.5 cm³/mol. The number of methoxy groups -OCH3 is 1. The highest BCUT2D eigenvalue weighted by Gasteiger charge is 2.69. The van der Waals surface area contributed by atoms with Crippen molar-refractivity contribution in [3.63, 3.8) is 0 Å². The molecule has 6 heteroatoms. The summed E-state index contributed by atoms with van der Waals surface area (Å²) < 4.78 is 11.3. The molecule has 2 saturated heterocycles. The summed E-state index contributed by atoms with van der Waals surface area (Å²) in [4.78, 5) is 26.7. The van der Waals surface area contributed by atoms with E-state index >= 15 is 0 Å². The van der Waals surface area contributed by atoms with Crippen LogP contribution in [0, 0.1) is 11.8 Å². The van der Waals surface area contributed by atoms with Gasteiger partial charge in [-0.05, 0) is 31.0 Å². The fraction of sp³-hybridized carbons (Fsp3) is 0.429. The van der Waals surface area contributed by atoms with Crippen molar-refractivity contribution >= 4 is 11.9 Å². The van der Waals surface area contributed by atoms with Crippen LogP contribution in [0.5, 0.6) is 5.75 Å². The van der Waals surface area contributed by atoms with Crippen LogP contribution in [0.25, 0.3) is 0 Å². The lowest BCUT2D eigenvalue weighted by Crippen LogP contribution is -2.46. The van der Waals surface area contributed by atoms with E-state index in [-0.39, 0.29) is 11.9 Å². The van der Waals surface area contributed by atoms with Crippen LogP contribution in [0.1, 0.15) is 18.9 Å². The van der Waals surface area contributed by atoms with E-state index in [1.807, 2.05) is 37.3 Å². The zero-order chi connectivity index (χ0) is 19.3. The normalized spacial score (nSPS) is 33.4. The Morgan fingerprint density at radius 2 is 2.07 bits per heavy atom. The molecular weight excluding hydrogens is 346 g/mol. The minimum atomic E-state index is -1.23. The highest BCUT2D eigenvalue weighted by molar-refractivity contribution is 5.91. The van der Waals surface area contributed by atoms with E-state index in [1.54, 1.807) is 18.1 Å². The van der Waals surface area contributed by atoms with Crippen LogP contribution in [0.2, 0.25) is 0 Å². The second kappa shape index (κ2) is 6.23. The van der Waals surface area contributed by atoms with Gasteiger partial charge in [-0.3, -0.25) is 4.79 Å². The molecule has 2 bridgehead atoms. The van der Waals surface area contributed by atoms with Gasteiger partial charge in [0.05, 0.1) is 25.2 Å². The molecule has 6 nitrogen and oxygen atoms in total. The number of ether oxygens (including phenoxy) is 2. The number of benzene rings is 1. The molecule has 0 unspecified atom stereocenters. The zero-order valence-electron chi connectivity index (χ0n) is 15.4. The first-order valence-electron chi connectivity index (χ1n) is 9.03. The molecule has 3 aliphatic heterocycles. The van der Waals surface area contributed by atoms with Gasteiger partial charge in [0.2, 0.25) is 5.91 Å². The minimum Gasteiger partial charge on any atom is -0.550 e. The number of carboxylic acids is 1. The highest BCUT2D eigenvalue weighted by atomic mass is 16.5. The Morgan fingerprint density at radius 1 is 1.37 bits per heavy atom. The number of aliphatic carboxylic acids is 1. The zero-order valence-corrected chi connectivity index (χ0v) is 15.4. The van der Waals surface area contributed by atoms with Crippen molar-refractivity contribution in [2.45, 2.75) is 37.6 Å². The van der Waals surface area contributed by atoms with Crippen LogP contribution in [0.15, 0.2) is 48.6 Å². The van der Waals surface area contributed by atoms with Crippen LogP contribution in [0.3, 0.4) is 0 Å². The summed E-state index contributed by atoms with van der Waals surface area (Å²) in [6.07, 6.45) is 3.59. The summed E-state index contributed by atoms with van der Waals surface area (Å²) in [5.41, 5.74) is 0.938. The van der Waals surface area contributed by atoms with Crippen LogP contribution in [0.4, 0.5) is 0 Å². The van der Waals surface area contributed by atoms with E-state index in [0.29, 0.717) is 13.0 Å². The van der Waals surface area contributed by atoms with Crippen molar-refractivity contribution in [2.24, 2.45) is 11.8 Å². The highest BCUT2D eigenvalue weighted by Crippen LogP contribution is 2.56. The third-order valence-corrected chi connectivity index (χ3v) is 5.86. The number of fused-ring (bicyclic) bond motifs is 1. The Morgan fingerprint density at radius 3 is 2.67 bits per heavy atom. The molecular formula is C21H22NO5-. The number of likely N-dealkylation sites (tertiary alicyclic amines) is 1. The molecule has 4 rings (SSSR count). The maximum absolute atomic E-state index is 13.3. The number of rotatable bonds is 6. The fourth-order valence-electron chi connectivity index (χ4n) is 4.70. The molecule has 0 aromatic heterocycles. The van der Waals surface area contributed by atoms with Gasteiger partial charge in [0, 0.05) is 18.4 Å². The number of carbonyl (C=O) groups is 2. The largest absolute Gasteiger partial charge is 0.550 e. The summed E-state index contributed by atoms with van der Waals surface area (Å²) in [5, 5.41) is 11.7. The average molecular weight is 368 g/mol. The predicted octanol–water partition coefficient (Wildman–Crippen LogP) is 1.06. The number of amides is 1. The van der Waals surface area contributed by atoms with E-state index in [2.05, 4.69) is 6.58 Å². The monoisotopic (exact) mass is 368 g/mol. The first kappa shape index (κ1) is 17.8. The molecule has 2 fully saturated rings. The second-order valence-electron chi connectivity index (χ2n) is 7.61. The van der Waals surface area contributed by atoms with Crippen molar-refractivity contribution in [3.05, 3.63) is 54.1 Å². The van der Waals surface area contributed by atoms with Crippen LogP contribution >= 0.6 is 0 Å². The van der Waals surface area contributed by atoms with Crippen molar-refractivity contribution < 1.29 is 24.2 Å². The van der Waals surface area contributed by atoms with Crippen molar-refractivity contribution in [1.82, 2.24) is 4.90 Å². The fourth-order valence-corrected chi connectivity index (χ4v) is 4.70. The number of carbonyl (C=O) groups excluding carboxylic acids is 2. The van der Waals surface area contributed by atoms with Gasteiger partial charge in [-0.1, -0.05) is 29.9 Å². The third kappa shape index (κ3) is 2.58. The minimum absolute atomic E-state index is 0.196. The Hall–Kier alpha value is -2.60. The van der Waals surface area contributed by atoms with Crippen LogP contribution < -0.4 is 9.84 Å². The molecule has 0 saturated carbocycles. The number of hydrogen-bond donors (Lipinski definition) is 0. The lowest BCUT2D eigenvalue weighted by molar-refractivity contribution is -0.313. The first-order chi connectivity index (χ1) is 12.9. The molecule has 142 valence electrons. The summed E-state index contributed by atoms with van der Waals surface area (Å²) in [5.74, 6) is -2.39. The van der Waals surface area contributed by atoms with Gasteiger partial charge in [-0.15, -0.1) is 6.58 Å². The second-order valence-corrected chi connectivity index (χ2v) is 7.61. The quantitative estimate of drug-likeness (QED) is 0.702. The third-order valence-electron chi connectivity index (χ3n) is 5.86. The molecule has 0 radical (unpaired) electrons. The summed E-state index contributed by atoms with van der Waals surface area (Å²) in [6.45, 7) is 6.27. The van der Waals surface area contributed by atoms with Crippen LogP contribution in [-0.4, -0.2) is 41.6 Å². The first-order valence-corrected chi connectivity index (χ1v) is 9.03. The van der Waals surface area contributed by atoms with E-state index in [9.17, 15) is 14.7 Å². The number of nitrogens with zero attached hydrogens (tertiary/aromatic N) is 1. The van der Waals surface area contributed by atoms with Gasteiger partial charge in [-0.25, -0.2) is 0 Å². The molecule has 1 spiro atoms. The smallest absolute Gasteiger partial charge is 0.230 e. The van der Waals surface area contributed by atoms with Gasteiger partial charge in [0.15, 0.2) is 0 Å². The number of hydrogen-bond acceptors (Lipinski definition) is 5. The molecule has 1 amide bonds. The van der Waals surface area contributed by atoms with Gasteiger partial charge < -0.3 is 24.3 Å². The van der Waals surface area contributed by atoms with E-state index in [0.717, 1.165) is 16.9 Å². The van der Waals surface area contributed by atoms with E-state index in [4.69, 9.17) is 9.47 Å². The molecule has 3 heterocycles. The Labute approximate surface area is 158 Å². The lowest BCUT2D eigenvalue weighted by Gasteiger charge is -2.33. The van der Waals surface area contributed by atoms with Gasteiger partial charge in [0.1, 0.15) is 11.4 Å². The van der Waals surface area contributed by atoms with Crippen molar-refractivity contribution in [3.8, 4) is 5.75 Å². The molecule has 1 aromatic carbocycles. The maximum Gasteiger partial charge on any atom is 0.230 e.